The molecule has 0 aromatic heterocycles. The number of carbonyl (C=O) groups is 4. The number of rotatable bonds is 7. The zero-order valence-corrected chi connectivity index (χ0v) is 22.2. The van der Waals surface area contributed by atoms with Crippen LogP contribution in [0.1, 0.15) is 37.4 Å². The Bertz CT molecular complexity index is 1360. The highest BCUT2D eigenvalue weighted by Gasteiger charge is 2.70. The molecular weight excluding hydrogens is 516 g/mol. The van der Waals surface area contributed by atoms with E-state index in [2.05, 4.69) is 0 Å². The van der Waals surface area contributed by atoms with E-state index in [1.165, 1.54) is 4.90 Å². The van der Waals surface area contributed by atoms with Gasteiger partial charge in [0.2, 0.25) is 5.91 Å². The monoisotopic (exact) mass is 546 g/mol. The molecule has 4 heterocycles. The standard InChI is InChI=1S/C30H30N2O8/c1-3-37-28(35)20-15-30(17-40-27(32(30)24(20)33)19-13-9-6-10-14-19)23-21-16-39-26(18-11-7-5-8-12-18)31(21)25(34)22(23)29(36)38-4-2/h5-15,21-23,26-27H,3-4,16-17H2,1-2H3/t21-,22?,23?,26-,27-,30+/m1/s1. The Balaban J connectivity index is 1.49. The predicted octanol–water partition coefficient (Wildman–Crippen LogP) is 2.52. The Morgan fingerprint density at radius 1 is 0.900 bits per heavy atom. The van der Waals surface area contributed by atoms with Crippen molar-refractivity contribution in [3.63, 3.8) is 0 Å². The van der Waals surface area contributed by atoms with Gasteiger partial charge in [0.15, 0.2) is 12.5 Å². The summed E-state index contributed by atoms with van der Waals surface area (Å²) in [5.41, 5.74) is 0.0281. The molecule has 0 radical (unpaired) electrons. The van der Waals surface area contributed by atoms with E-state index in [0.717, 1.165) is 5.56 Å². The number of ether oxygens (including phenoxy) is 4. The van der Waals surface area contributed by atoms with Gasteiger partial charge in [-0.05, 0) is 19.9 Å². The number of hydrogen-bond acceptors (Lipinski definition) is 8. The van der Waals surface area contributed by atoms with Gasteiger partial charge >= 0.3 is 11.9 Å². The summed E-state index contributed by atoms with van der Waals surface area (Å²) >= 11 is 0. The van der Waals surface area contributed by atoms with Crippen molar-refractivity contribution in [3.05, 3.63) is 83.4 Å². The largest absolute Gasteiger partial charge is 0.465 e. The molecule has 10 heteroatoms. The van der Waals surface area contributed by atoms with Gasteiger partial charge < -0.3 is 23.8 Å². The molecule has 6 rings (SSSR count). The van der Waals surface area contributed by atoms with Crippen LogP contribution >= 0.6 is 0 Å². The molecule has 2 amide bonds. The number of nitrogens with zero attached hydrogens (tertiary/aromatic N) is 2. The van der Waals surface area contributed by atoms with Gasteiger partial charge in [-0.3, -0.25) is 19.3 Å². The number of fused-ring (bicyclic) bond motifs is 2. The van der Waals surface area contributed by atoms with Crippen molar-refractivity contribution in [2.75, 3.05) is 26.4 Å². The summed E-state index contributed by atoms with van der Waals surface area (Å²) in [4.78, 5) is 57.5. The molecule has 4 aliphatic heterocycles. The Labute approximate surface area is 231 Å². The van der Waals surface area contributed by atoms with E-state index >= 15 is 0 Å². The van der Waals surface area contributed by atoms with Crippen LogP contribution in [0, 0.1) is 11.8 Å². The maximum Gasteiger partial charge on any atom is 0.343 e. The summed E-state index contributed by atoms with van der Waals surface area (Å²) < 4.78 is 23.0. The van der Waals surface area contributed by atoms with Gasteiger partial charge in [0.1, 0.15) is 11.5 Å². The summed E-state index contributed by atoms with van der Waals surface area (Å²) in [6.07, 6.45) is -0.000729. The lowest BCUT2D eigenvalue weighted by Crippen LogP contribution is -2.56. The average Bonchev–Trinajstić information content (AvgIpc) is 3.70. The third-order valence-corrected chi connectivity index (χ3v) is 8.11. The van der Waals surface area contributed by atoms with Crippen LogP contribution < -0.4 is 0 Å². The van der Waals surface area contributed by atoms with Crippen molar-refractivity contribution in [2.45, 2.75) is 37.9 Å². The second-order valence-corrected chi connectivity index (χ2v) is 10.2. The Morgan fingerprint density at radius 2 is 1.52 bits per heavy atom. The summed E-state index contributed by atoms with van der Waals surface area (Å²) in [6.45, 7) is 3.61. The van der Waals surface area contributed by atoms with Gasteiger partial charge in [-0.15, -0.1) is 0 Å². The molecule has 3 fully saturated rings. The molecule has 0 spiro atoms. The summed E-state index contributed by atoms with van der Waals surface area (Å²) in [7, 11) is 0. The van der Waals surface area contributed by atoms with E-state index in [-0.39, 0.29) is 32.0 Å². The minimum absolute atomic E-state index is 0.0323. The average molecular weight is 547 g/mol. The first-order chi connectivity index (χ1) is 19.4. The van der Waals surface area contributed by atoms with Crippen molar-refractivity contribution in [2.24, 2.45) is 11.8 Å². The van der Waals surface area contributed by atoms with Crippen LogP contribution in [-0.4, -0.2) is 71.6 Å². The molecule has 3 saturated heterocycles. The summed E-state index contributed by atoms with van der Waals surface area (Å²) in [5.74, 6) is -4.49. The third kappa shape index (κ3) is 3.85. The Kier molecular flexibility index (Phi) is 6.67. The van der Waals surface area contributed by atoms with Crippen molar-refractivity contribution in [3.8, 4) is 0 Å². The lowest BCUT2D eigenvalue weighted by atomic mass is 9.74. The quantitative estimate of drug-likeness (QED) is 0.296. The highest BCUT2D eigenvalue weighted by Crippen LogP contribution is 2.56. The van der Waals surface area contributed by atoms with Crippen molar-refractivity contribution < 1.29 is 38.1 Å². The van der Waals surface area contributed by atoms with Crippen molar-refractivity contribution >= 4 is 23.8 Å². The van der Waals surface area contributed by atoms with Crippen LogP contribution in [-0.2, 0) is 38.1 Å². The zero-order valence-electron chi connectivity index (χ0n) is 22.2. The van der Waals surface area contributed by atoms with Crippen LogP contribution in [0.5, 0.6) is 0 Å². The third-order valence-electron chi connectivity index (χ3n) is 8.11. The number of esters is 2. The van der Waals surface area contributed by atoms with Crippen LogP contribution in [0.3, 0.4) is 0 Å². The first-order valence-electron chi connectivity index (χ1n) is 13.5. The van der Waals surface area contributed by atoms with Gasteiger partial charge in [-0.2, -0.15) is 0 Å². The van der Waals surface area contributed by atoms with Gasteiger partial charge in [0.25, 0.3) is 5.91 Å². The van der Waals surface area contributed by atoms with Gasteiger partial charge in [0.05, 0.1) is 38.0 Å². The van der Waals surface area contributed by atoms with Crippen molar-refractivity contribution in [1.82, 2.24) is 9.80 Å². The summed E-state index contributed by atoms with van der Waals surface area (Å²) in [5, 5.41) is 0. The molecule has 0 bridgehead atoms. The minimum Gasteiger partial charge on any atom is -0.465 e. The van der Waals surface area contributed by atoms with E-state index in [1.807, 2.05) is 60.7 Å². The fourth-order valence-electron chi connectivity index (χ4n) is 6.59. The molecule has 2 unspecified atom stereocenters. The molecule has 2 aromatic carbocycles. The topological polar surface area (TPSA) is 112 Å². The minimum atomic E-state index is -1.30. The fraction of sp³-hybridized carbons (Fsp3) is 0.400. The highest BCUT2D eigenvalue weighted by atomic mass is 16.5. The highest BCUT2D eigenvalue weighted by molar-refractivity contribution is 6.19. The molecule has 6 atom stereocenters. The first kappa shape index (κ1) is 26.2. The van der Waals surface area contributed by atoms with Gasteiger partial charge in [-0.1, -0.05) is 60.7 Å². The van der Waals surface area contributed by atoms with E-state index < -0.39 is 59.6 Å². The van der Waals surface area contributed by atoms with E-state index in [9.17, 15) is 19.2 Å². The second-order valence-electron chi connectivity index (χ2n) is 10.2. The molecule has 2 aromatic rings. The number of amides is 2. The molecule has 0 saturated carbocycles. The van der Waals surface area contributed by atoms with E-state index in [1.54, 1.807) is 24.8 Å². The van der Waals surface area contributed by atoms with Crippen LogP contribution in [0.4, 0.5) is 0 Å². The maximum absolute atomic E-state index is 14.1. The number of carbonyl (C=O) groups excluding carboxylic acids is 4. The predicted molar refractivity (Wildman–Crippen MR) is 139 cm³/mol. The Morgan fingerprint density at radius 3 is 2.15 bits per heavy atom. The maximum atomic E-state index is 14.1. The van der Waals surface area contributed by atoms with E-state index in [4.69, 9.17) is 18.9 Å². The van der Waals surface area contributed by atoms with E-state index in [0.29, 0.717) is 5.56 Å². The van der Waals surface area contributed by atoms with Gasteiger partial charge in [-0.25, -0.2) is 4.79 Å². The smallest absolute Gasteiger partial charge is 0.343 e. The molecule has 40 heavy (non-hydrogen) atoms. The first-order valence-corrected chi connectivity index (χ1v) is 13.5. The number of hydrogen-bond donors (Lipinski definition) is 0. The Hall–Kier alpha value is -4.02. The van der Waals surface area contributed by atoms with Crippen LogP contribution in [0.25, 0.3) is 0 Å². The van der Waals surface area contributed by atoms with Gasteiger partial charge in [0, 0.05) is 17.0 Å². The molecular formula is C30H30N2O8. The van der Waals surface area contributed by atoms with Crippen LogP contribution in [0.2, 0.25) is 0 Å². The van der Waals surface area contributed by atoms with Crippen molar-refractivity contribution in [1.29, 1.82) is 0 Å². The lowest BCUT2D eigenvalue weighted by Gasteiger charge is -2.40. The second kappa shape index (κ2) is 10.2. The molecule has 208 valence electrons. The molecule has 0 aliphatic carbocycles. The molecule has 0 N–H and O–H groups in total. The zero-order chi connectivity index (χ0) is 28.0. The fourth-order valence-corrected chi connectivity index (χ4v) is 6.59. The normalized spacial score (nSPS) is 30.8. The lowest BCUT2D eigenvalue weighted by molar-refractivity contribution is -0.158. The molecule has 4 aliphatic rings. The van der Waals surface area contributed by atoms with Crippen LogP contribution in [0.15, 0.2) is 72.3 Å². The summed E-state index contributed by atoms with van der Waals surface area (Å²) in [6, 6.07) is 17.9. The SMILES string of the molecule is CCOC(=O)C1=C[C@@]2(C3C(C(=O)OCC)C(=O)N4[C@@H](c5ccccc5)OC[C@H]34)CO[C@H](c3ccccc3)N2C1=O. The number of benzene rings is 2. The molecule has 10 nitrogen and oxygen atoms in total.